The van der Waals surface area contributed by atoms with E-state index in [1.54, 1.807) is 31.4 Å². The third-order valence-electron chi connectivity index (χ3n) is 4.64. The van der Waals surface area contributed by atoms with Crippen molar-refractivity contribution in [2.24, 2.45) is 0 Å². The Morgan fingerprint density at radius 1 is 0.946 bits per heavy atom. The van der Waals surface area contributed by atoms with E-state index in [2.05, 4.69) is 25.3 Å². The molecule has 12 nitrogen and oxygen atoms in total. The van der Waals surface area contributed by atoms with Crippen LogP contribution in [-0.4, -0.2) is 63.9 Å². The Labute approximate surface area is 219 Å². The van der Waals surface area contributed by atoms with Crippen LogP contribution in [0.1, 0.15) is 10.4 Å². The smallest absolute Gasteiger partial charge is 0.321 e. The zero-order valence-corrected chi connectivity index (χ0v) is 21.8. The van der Waals surface area contributed by atoms with Crippen LogP contribution in [0.3, 0.4) is 0 Å². The molecule has 1 heterocycles. The van der Waals surface area contributed by atoms with Crippen molar-refractivity contribution < 1.29 is 32.2 Å². The molecule has 0 fully saturated rings. The van der Waals surface area contributed by atoms with Crippen LogP contribution < -0.4 is 29.6 Å². The van der Waals surface area contributed by atoms with E-state index in [1.807, 2.05) is 0 Å². The van der Waals surface area contributed by atoms with Gasteiger partial charge in [0, 0.05) is 24.4 Å². The number of benzene rings is 2. The van der Waals surface area contributed by atoms with Crippen molar-refractivity contribution >= 4 is 44.8 Å². The molecule has 0 aliphatic carbocycles. The summed E-state index contributed by atoms with van der Waals surface area (Å²) >= 11 is 5.20. The van der Waals surface area contributed by atoms with Crippen LogP contribution in [0.15, 0.2) is 59.5 Å². The fourth-order valence-corrected chi connectivity index (χ4v) is 4.05. The number of nitrogens with one attached hydrogen (secondary N) is 3. The standard InChI is InChI=1S/C23H25N5O7S2/c1-32-12-13-35-17-8-4-15(5-9-17)21(29)27-23(36)24-16-6-10-18(11-7-16)37(30,31)28-19-14-20(33-2)26-22(25-19)34-3/h4-11,14H,12-13H2,1-3H3,(H,25,26,28)(H2,24,27,29,36). The quantitative estimate of drug-likeness (QED) is 0.240. The van der Waals surface area contributed by atoms with Crippen molar-refractivity contribution in [3.63, 3.8) is 0 Å². The lowest BCUT2D eigenvalue weighted by Crippen LogP contribution is -2.34. The predicted molar refractivity (Wildman–Crippen MR) is 140 cm³/mol. The summed E-state index contributed by atoms with van der Waals surface area (Å²) in [6, 6.07) is 13.5. The Kier molecular flexibility index (Phi) is 9.54. The highest BCUT2D eigenvalue weighted by Crippen LogP contribution is 2.21. The van der Waals surface area contributed by atoms with Gasteiger partial charge in [-0.15, -0.1) is 0 Å². The van der Waals surface area contributed by atoms with Gasteiger partial charge in [0.05, 0.1) is 25.7 Å². The minimum atomic E-state index is -3.97. The van der Waals surface area contributed by atoms with Crippen LogP contribution >= 0.6 is 12.2 Å². The third-order valence-corrected chi connectivity index (χ3v) is 6.21. The van der Waals surface area contributed by atoms with E-state index in [0.717, 1.165) is 0 Å². The molecular formula is C23H25N5O7S2. The van der Waals surface area contributed by atoms with Crippen LogP contribution in [0.25, 0.3) is 0 Å². The number of nitrogens with zero attached hydrogens (tertiary/aromatic N) is 2. The first-order chi connectivity index (χ1) is 17.7. The van der Waals surface area contributed by atoms with Crippen LogP contribution in [-0.2, 0) is 14.8 Å². The van der Waals surface area contributed by atoms with Gasteiger partial charge in [0.1, 0.15) is 12.4 Å². The summed E-state index contributed by atoms with van der Waals surface area (Å²) in [6.45, 7) is 0.855. The van der Waals surface area contributed by atoms with Crippen LogP contribution in [0.2, 0.25) is 0 Å². The summed E-state index contributed by atoms with van der Waals surface area (Å²) < 4.78 is 48.2. The molecule has 0 saturated heterocycles. The van der Waals surface area contributed by atoms with E-state index in [-0.39, 0.29) is 27.7 Å². The molecule has 37 heavy (non-hydrogen) atoms. The number of methoxy groups -OCH3 is 3. The lowest BCUT2D eigenvalue weighted by molar-refractivity contribution is 0.0977. The zero-order valence-electron chi connectivity index (χ0n) is 20.2. The molecule has 0 spiro atoms. The molecule has 1 aromatic heterocycles. The maximum absolute atomic E-state index is 12.8. The lowest BCUT2D eigenvalue weighted by atomic mass is 10.2. The number of carbonyl (C=O) groups is 1. The topological polar surface area (TPSA) is 150 Å². The van der Waals surface area contributed by atoms with Gasteiger partial charge >= 0.3 is 6.01 Å². The molecule has 3 rings (SSSR count). The number of aromatic nitrogens is 2. The Morgan fingerprint density at radius 2 is 1.65 bits per heavy atom. The Balaban J connectivity index is 1.58. The van der Waals surface area contributed by atoms with Crippen molar-refractivity contribution in [2.75, 3.05) is 44.6 Å². The normalized spacial score (nSPS) is 10.8. The molecule has 0 radical (unpaired) electrons. The molecule has 0 bridgehead atoms. The maximum Gasteiger partial charge on any atom is 0.321 e. The summed E-state index contributed by atoms with van der Waals surface area (Å²) in [4.78, 5) is 20.3. The second kappa shape index (κ2) is 12.8. The van der Waals surface area contributed by atoms with Gasteiger partial charge in [-0.1, -0.05) is 0 Å². The molecule has 196 valence electrons. The van der Waals surface area contributed by atoms with Gasteiger partial charge in [-0.25, -0.2) is 8.42 Å². The molecule has 2 aromatic carbocycles. The van der Waals surface area contributed by atoms with Crippen molar-refractivity contribution in [3.8, 4) is 17.6 Å². The van der Waals surface area contributed by atoms with Crippen molar-refractivity contribution in [1.82, 2.24) is 15.3 Å². The summed E-state index contributed by atoms with van der Waals surface area (Å²) in [5, 5.41) is 5.45. The Bertz CT molecular complexity index is 1310. The van der Waals surface area contributed by atoms with Gasteiger partial charge in [0.25, 0.3) is 15.9 Å². The molecule has 0 aliphatic heterocycles. The second-order valence-electron chi connectivity index (χ2n) is 7.19. The van der Waals surface area contributed by atoms with E-state index >= 15 is 0 Å². The molecule has 0 atom stereocenters. The molecule has 0 saturated carbocycles. The lowest BCUT2D eigenvalue weighted by Gasteiger charge is -2.12. The molecule has 0 aliphatic rings. The minimum Gasteiger partial charge on any atom is -0.491 e. The largest absolute Gasteiger partial charge is 0.491 e. The van der Waals surface area contributed by atoms with Gasteiger partial charge in [0.15, 0.2) is 10.9 Å². The summed E-state index contributed by atoms with van der Waals surface area (Å²) in [5.74, 6) is 0.298. The predicted octanol–water partition coefficient (Wildman–Crippen LogP) is 2.45. The highest BCUT2D eigenvalue weighted by atomic mass is 32.2. The van der Waals surface area contributed by atoms with Gasteiger partial charge in [0.2, 0.25) is 5.88 Å². The summed E-state index contributed by atoms with van der Waals surface area (Å²) in [5.41, 5.74) is 0.852. The number of carbonyl (C=O) groups excluding carboxylic acids is 1. The average molecular weight is 548 g/mol. The van der Waals surface area contributed by atoms with Crippen molar-refractivity contribution in [3.05, 3.63) is 60.2 Å². The molecule has 3 aromatic rings. The number of sulfonamides is 1. The zero-order chi connectivity index (χ0) is 26.8. The highest BCUT2D eigenvalue weighted by molar-refractivity contribution is 7.92. The van der Waals surface area contributed by atoms with Crippen LogP contribution in [0.5, 0.6) is 17.6 Å². The van der Waals surface area contributed by atoms with E-state index < -0.39 is 15.9 Å². The molecule has 14 heteroatoms. The van der Waals surface area contributed by atoms with Crippen LogP contribution in [0, 0.1) is 0 Å². The molecule has 0 unspecified atom stereocenters. The summed E-state index contributed by atoms with van der Waals surface area (Å²) in [6.07, 6.45) is 0. The van der Waals surface area contributed by atoms with E-state index in [4.69, 9.17) is 31.2 Å². The first kappa shape index (κ1) is 27.6. The van der Waals surface area contributed by atoms with Crippen LogP contribution in [0.4, 0.5) is 11.5 Å². The minimum absolute atomic E-state index is 0.0237. The Hall–Kier alpha value is -4.01. The Morgan fingerprint density at radius 3 is 2.27 bits per heavy atom. The molecular weight excluding hydrogens is 522 g/mol. The van der Waals surface area contributed by atoms with Gasteiger partial charge in [-0.3, -0.25) is 14.8 Å². The van der Waals surface area contributed by atoms with Crippen molar-refractivity contribution in [1.29, 1.82) is 0 Å². The highest BCUT2D eigenvalue weighted by Gasteiger charge is 2.17. The monoisotopic (exact) mass is 547 g/mol. The average Bonchev–Trinajstić information content (AvgIpc) is 2.89. The number of amides is 1. The fourth-order valence-electron chi connectivity index (χ4n) is 2.85. The number of ether oxygens (including phenoxy) is 4. The molecule has 3 N–H and O–H groups in total. The van der Waals surface area contributed by atoms with Gasteiger partial charge in [-0.05, 0) is 60.7 Å². The number of thiocarbonyl (C=S) groups is 1. The van der Waals surface area contributed by atoms with Gasteiger partial charge < -0.3 is 24.3 Å². The van der Waals surface area contributed by atoms with E-state index in [1.165, 1.54) is 44.6 Å². The fraction of sp³-hybridized carbons (Fsp3) is 0.217. The van der Waals surface area contributed by atoms with Crippen molar-refractivity contribution in [2.45, 2.75) is 4.90 Å². The van der Waals surface area contributed by atoms with E-state index in [0.29, 0.717) is 30.2 Å². The molecule has 1 amide bonds. The van der Waals surface area contributed by atoms with E-state index in [9.17, 15) is 13.2 Å². The number of rotatable bonds is 11. The SMILES string of the molecule is COCCOc1ccc(C(=O)NC(=S)Nc2ccc(S(=O)(=O)Nc3cc(OC)nc(OC)n3)cc2)cc1. The number of hydrogen-bond acceptors (Lipinski definition) is 10. The number of anilines is 2. The number of hydrogen-bond donors (Lipinski definition) is 3. The van der Waals surface area contributed by atoms with Gasteiger partial charge in [-0.2, -0.15) is 9.97 Å². The first-order valence-electron chi connectivity index (χ1n) is 10.7. The first-order valence-corrected chi connectivity index (χ1v) is 12.6. The maximum atomic E-state index is 12.8. The summed E-state index contributed by atoms with van der Waals surface area (Å²) in [7, 11) is 0.341. The second-order valence-corrected chi connectivity index (χ2v) is 9.28. The third kappa shape index (κ3) is 7.99.